The van der Waals surface area contributed by atoms with Crippen molar-refractivity contribution in [3.8, 4) is 0 Å². The first kappa shape index (κ1) is 1.06. The van der Waals surface area contributed by atoms with E-state index in [1.165, 1.54) is 0 Å². The minimum Gasteiger partial charge on any atom is -0.388 e. The van der Waals surface area contributed by atoms with Crippen LogP contribution in [0.4, 0.5) is 0 Å². The third-order valence-corrected chi connectivity index (χ3v) is 0. The van der Waals surface area contributed by atoms with E-state index in [2.05, 4.69) is 14.4 Å². The normalized spacial score (nSPS) is 18.8. The average Bonchev–Trinajstić information content (AvgIpc) is 1.72. The summed E-state index contributed by atoms with van der Waals surface area (Å²) in [6.07, 6.45) is 0. The maximum atomic E-state index is 6.02. The van der Waals surface area contributed by atoms with Crippen molar-refractivity contribution in [2.24, 2.45) is 0 Å². The molecule has 25 valence electrons. The highest BCUT2D eigenvalue weighted by molar-refractivity contribution is 6.30. The first-order valence-corrected chi connectivity index (χ1v) is 1.84. The topological polar surface area (TPSA) is 60.7 Å². The molecule has 0 amide bonds. The highest BCUT2D eigenvalue weighted by atomic mass is 28.3. The number of hydrogen-bond acceptors (Lipinski definition) is 3. The summed E-state index contributed by atoms with van der Waals surface area (Å²) in [5.41, 5.74) is 0. The molecular weight excluding hydrogens is 76.1 g/mol. The number of rotatable bonds is 3. The predicted molar refractivity (Wildman–Crippen MR) is 12.4 cm³/mol. The second-order valence-corrected chi connectivity index (χ2v) is 0.750. The van der Waals surface area contributed by atoms with Gasteiger partial charge in [-0.2, -0.15) is 0 Å². The second kappa shape index (κ2) is 1.42. The van der Waals surface area contributed by atoms with Crippen LogP contribution in [-0.4, -0.2) is 28.2 Å². The zero-order valence-corrected chi connectivity index (χ0v) is 2.72. The molecule has 0 heterocycles. The van der Waals surface area contributed by atoms with Crippen LogP contribution in [0.5, 0.6) is 0 Å². The Labute approximate surface area is 29.6 Å². The molecule has 0 aliphatic heterocycles. The monoisotopic (exact) mass is 85.0 g/mol. The molecule has 0 aromatic carbocycles. The van der Waals surface area contributed by atoms with Crippen molar-refractivity contribution in [3.05, 3.63) is 0 Å². The lowest BCUT2D eigenvalue weighted by Crippen LogP contribution is -2.07. The molecular formula is H3O3Si. The van der Waals surface area contributed by atoms with E-state index in [1.54, 1.807) is 0 Å². The molecule has 4 heavy (non-hydrogen) atoms. The van der Waals surface area contributed by atoms with Gasteiger partial charge in [-0.25, -0.2) is 0 Å². The second-order valence-electron chi connectivity index (χ2n) is 0.250. The highest BCUT2D eigenvalue weighted by Gasteiger charge is 1.89. The Kier molecular flexibility index (Phi) is 0.375. The molecule has 0 spiro atoms. The standard InChI is InChI=1S/H3O3Si/c1-4(2)3/h1-3H/i1T,2T,3T. The first-order chi connectivity index (χ1) is 3.35. The quantitative estimate of drug-likeness (QED) is 0.346. The molecule has 0 atom stereocenters. The third kappa shape index (κ3) is 269. The summed E-state index contributed by atoms with van der Waals surface area (Å²) in [4.78, 5) is 10.7. The largest absolute Gasteiger partial charge is 0.569 e. The van der Waals surface area contributed by atoms with Gasteiger partial charge in [-0.15, -0.1) is 0 Å². The summed E-state index contributed by atoms with van der Waals surface area (Å²) < 4.78 is 18.0. The lowest BCUT2D eigenvalue weighted by molar-refractivity contribution is 0.278. The van der Waals surface area contributed by atoms with Gasteiger partial charge in [0, 0.05) is 0 Å². The fraction of sp³-hybridized carbons (Fsp3) is 0. The van der Waals surface area contributed by atoms with Crippen LogP contribution in [0.25, 0.3) is 0 Å². The van der Waals surface area contributed by atoms with E-state index in [0.717, 1.165) is 0 Å². The van der Waals surface area contributed by atoms with E-state index >= 15 is 0 Å². The lowest BCUT2D eigenvalue weighted by Gasteiger charge is -1.71. The van der Waals surface area contributed by atoms with Gasteiger partial charge < -0.3 is 14.4 Å². The molecule has 3 N–H and O–H groups in total. The summed E-state index contributed by atoms with van der Waals surface area (Å²) in [5.74, 6) is 0. The zero-order valence-electron chi connectivity index (χ0n) is 4.72. The van der Waals surface area contributed by atoms with E-state index < -0.39 is 9.53 Å². The van der Waals surface area contributed by atoms with Gasteiger partial charge in [0.1, 0.15) is 0 Å². The Morgan fingerprint density at radius 2 is 2.00 bits per heavy atom. The van der Waals surface area contributed by atoms with Crippen LogP contribution in [0.1, 0.15) is 0 Å². The van der Waals surface area contributed by atoms with Crippen LogP contribution in [-0.2, 0) is 0 Å². The van der Waals surface area contributed by atoms with Crippen molar-refractivity contribution in [2.75, 3.05) is 0 Å². The van der Waals surface area contributed by atoms with E-state index in [0.29, 0.717) is 0 Å². The van der Waals surface area contributed by atoms with E-state index in [4.69, 9.17) is 4.29 Å². The molecule has 0 aliphatic rings. The fourth-order valence-corrected chi connectivity index (χ4v) is 0. The Morgan fingerprint density at radius 3 is 2.00 bits per heavy atom. The van der Waals surface area contributed by atoms with E-state index in [9.17, 15) is 0 Å². The van der Waals surface area contributed by atoms with Crippen molar-refractivity contribution in [1.29, 1.82) is 4.29 Å². The van der Waals surface area contributed by atoms with E-state index in [1.807, 2.05) is 0 Å². The molecule has 4 heteroatoms. The molecule has 0 unspecified atom stereocenters. The molecule has 0 saturated carbocycles. The summed E-state index contributed by atoms with van der Waals surface area (Å²) in [5, 5.41) is 0. The third-order valence-electron chi connectivity index (χ3n) is 0. The van der Waals surface area contributed by atoms with Crippen LogP contribution in [0, 0.1) is 0 Å². The minimum atomic E-state index is -2.36. The van der Waals surface area contributed by atoms with E-state index in [-0.39, 0.29) is 0 Å². The van der Waals surface area contributed by atoms with Gasteiger partial charge in [0.2, 0.25) is 0 Å². The van der Waals surface area contributed by atoms with Crippen molar-refractivity contribution < 1.29 is 14.4 Å². The van der Waals surface area contributed by atoms with Crippen molar-refractivity contribution in [1.82, 2.24) is 0 Å². The summed E-state index contributed by atoms with van der Waals surface area (Å²) in [6, 6.07) is 0. The van der Waals surface area contributed by atoms with Gasteiger partial charge in [-0.05, 0) is 0 Å². The summed E-state index contributed by atoms with van der Waals surface area (Å²) >= 11 is 0. The fourth-order valence-electron chi connectivity index (χ4n) is 0. The molecule has 0 fully saturated rings. The summed E-state index contributed by atoms with van der Waals surface area (Å²) in [6.45, 7) is 0. The average molecular weight is 85.1 g/mol. The minimum absolute atomic E-state index is 2.36. The predicted octanol–water partition coefficient (Wildman–Crippen LogP) is -2.05. The van der Waals surface area contributed by atoms with Crippen LogP contribution in [0.2, 0.25) is 0 Å². The smallest absolute Gasteiger partial charge is 0.388 e. The molecule has 0 aromatic heterocycles. The Morgan fingerprint density at radius 1 is 1.50 bits per heavy atom. The Bertz CT molecular complexity index is 31.7. The molecule has 0 rings (SSSR count). The zero-order chi connectivity index (χ0) is 5.70. The van der Waals surface area contributed by atoms with Crippen molar-refractivity contribution in [2.45, 2.75) is 0 Å². The molecule has 0 saturated heterocycles. The Hall–Kier alpha value is 0.0969. The van der Waals surface area contributed by atoms with Crippen LogP contribution < -0.4 is 0 Å². The lowest BCUT2D eigenvalue weighted by atomic mass is 15.8. The Balaban J connectivity index is 2.99. The van der Waals surface area contributed by atoms with Crippen LogP contribution in [0.3, 0.4) is 0 Å². The maximum absolute atomic E-state index is 6.02. The van der Waals surface area contributed by atoms with Gasteiger partial charge in [0.05, 0.1) is 0 Å². The van der Waals surface area contributed by atoms with Crippen LogP contribution in [0.15, 0.2) is 0 Å². The number of hydrogen-bond donors (Lipinski definition) is 3. The molecule has 1 radical (unpaired) electrons. The van der Waals surface area contributed by atoms with Crippen LogP contribution >= 0.6 is 0 Å². The molecule has 0 bridgehead atoms. The van der Waals surface area contributed by atoms with Crippen molar-refractivity contribution >= 4 is 9.53 Å². The molecule has 3 nitrogen and oxygen atoms in total. The molecule has 0 aliphatic carbocycles. The SMILES string of the molecule is [3H]O[Si](O[3H])O[3H]. The van der Waals surface area contributed by atoms with Gasteiger partial charge >= 0.3 is 9.53 Å². The van der Waals surface area contributed by atoms with Gasteiger partial charge in [0.25, 0.3) is 0 Å². The maximum Gasteiger partial charge on any atom is 0.569 e. The first-order valence-electron chi connectivity index (χ1n) is 1.84. The summed E-state index contributed by atoms with van der Waals surface area (Å²) in [7, 11) is -2.36. The van der Waals surface area contributed by atoms with Gasteiger partial charge in [-0.1, -0.05) is 0 Å². The van der Waals surface area contributed by atoms with Gasteiger partial charge in [0.15, 0.2) is 4.29 Å². The highest BCUT2D eigenvalue weighted by Crippen LogP contribution is 1.40. The van der Waals surface area contributed by atoms with Crippen molar-refractivity contribution in [3.63, 3.8) is 0 Å². The van der Waals surface area contributed by atoms with Gasteiger partial charge in [-0.3, -0.25) is 0 Å². The molecule has 0 aromatic rings.